The Balaban J connectivity index is 1.98. The number of nitrogens with one attached hydrogen (secondary N) is 1. The van der Waals surface area contributed by atoms with E-state index in [2.05, 4.69) is 17.1 Å². The Morgan fingerprint density at radius 3 is 2.80 bits per heavy atom. The zero-order valence-corrected chi connectivity index (χ0v) is 9.78. The molecule has 0 aromatic heterocycles. The largest absolute Gasteiger partial charge is 0.391 e. The lowest BCUT2D eigenvalue weighted by Crippen LogP contribution is -2.56. The summed E-state index contributed by atoms with van der Waals surface area (Å²) in [5.41, 5.74) is 0. The van der Waals surface area contributed by atoms with Crippen molar-refractivity contribution in [2.24, 2.45) is 0 Å². The molecular formula is C12H24N2O. The fourth-order valence-corrected chi connectivity index (χ4v) is 3.00. The van der Waals surface area contributed by atoms with Crippen LogP contribution in [0.3, 0.4) is 0 Å². The molecule has 1 heterocycles. The maximum Gasteiger partial charge on any atom is 0.0695 e. The van der Waals surface area contributed by atoms with E-state index in [9.17, 15) is 5.11 Å². The van der Waals surface area contributed by atoms with Gasteiger partial charge in [-0.3, -0.25) is 4.90 Å². The number of rotatable bonds is 1. The summed E-state index contributed by atoms with van der Waals surface area (Å²) in [7, 11) is 0. The summed E-state index contributed by atoms with van der Waals surface area (Å²) in [6.07, 6.45) is 5.89. The minimum Gasteiger partial charge on any atom is -0.391 e. The molecule has 3 heteroatoms. The Kier molecular flexibility index (Phi) is 4.00. The van der Waals surface area contributed by atoms with E-state index in [1.807, 2.05) is 0 Å². The highest BCUT2D eigenvalue weighted by Crippen LogP contribution is 2.24. The van der Waals surface area contributed by atoms with Crippen molar-refractivity contribution in [2.45, 2.75) is 57.2 Å². The Morgan fingerprint density at radius 2 is 2.00 bits per heavy atom. The number of piperazine rings is 1. The predicted molar refractivity (Wildman–Crippen MR) is 61.9 cm³/mol. The van der Waals surface area contributed by atoms with Crippen LogP contribution in [0.4, 0.5) is 0 Å². The molecule has 3 nitrogen and oxygen atoms in total. The first kappa shape index (κ1) is 11.4. The number of aliphatic hydroxyl groups excluding tert-OH is 1. The van der Waals surface area contributed by atoms with Crippen molar-refractivity contribution in [1.82, 2.24) is 10.2 Å². The second-order valence-corrected chi connectivity index (χ2v) is 5.06. The van der Waals surface area contributed by atoms with Crippen LogP contribution in [0.5, 0.6) is 0 Å². The highest BCUT2D eigenvalue weighted by molar-refractivity contribution is 4.87. The molecule has 1 aliphatic heterocycles. The van der Waals surface area contributed by atoms with E-state index in [0.29, 0.717) is 12.1 Å². The number of nitrogens with zero attached hydrogens (tertiary/aromatic N) is 1. The second-order valence-electron chi connectivity index (χ2n) is 5.06. The second kappa shape index (κ2) is 5.28. The van der Waals surface area contributed by atoms with Gasteiger partial charge in [0.25, 0.3) is 0 Å². The van der Waals surface area contributed by atoms with Crippen molar-refractivity contribution in [3.63, 3.8) is 0 Å². The van der Waals surface area contributed by atoms with Crippen molar-refractivity contribution in [1.29, 1.82) is 0 Å². The lowest BCUT2D eigenvalue weighted by molar-refractivity contribution is 0.0142. The van der Waals surface area contributed by atoms with Gasteiger partial charge in [-0.2, -0.15) is 0 Å². The maximum absolute atomic E-state index is 10.2. The molecule has 88 valence electrons. The molecule has 1 saturated heterocycles. The first-order chi connectivity index (χ1) is 7.29. The van der Waals surface area contributed by atoms with Crippen molar-refractivity contribution < 1.29 is 5.11 Å². The summed E-state index contributed by atoms with van der Waals surface area (Å²) in [6, 6.07) is 1.00. The van der Waals surface area contributed by atoms with Gasteiger partial charge in [-0.05, 0) is 19.8 Å². The molecule has 2 rings (SSSR count). The molecule has 0 bridgehead atoms. The molecule has 0 radical (unpaired) electrons. The lowest BCUT2D eigenvalue weighted by Gasteiger charge is -2.41. The van der Waals surface area contributed by atoms with Crippen molar-refractivity contribution in [3.05, 3.63) is 0 Å². The smallest absolute Gasteiger partial charge is 0.0695 e. The third-order valence-electron chi connectivity index (χ3n) is 3.92. The number of hydrogen-bond donors (Lipinski definition) is 2. The predicted octanol–water partition coefficient (Wildman–Crippen LogP) is 0.974. The molecule has 2 N–H and O–H groups in total. The van der Waals surface area contributed by atoms with Crippen LogP contribution in [0.2, 0.25) is 0 Å². The molecule has 2 unspecified atom stereocenters. The van der Waals surface area contributed by atoms with Crippen LogP contribution in [0.1, 0.15) is 39.0 Å². The Morgan fingerprint density at radius 1 is 1.20 bits per heavy atom. The van der Waals surface area contributed by atoms with Gasteiger partial charge >= 0.3 is 0 Å². The summed E-state index contributed by atoms with van der Waals surface area (Å²) in [6.45, 7) is 5.52. The Bertz CT molecular complexity index is 198. The highest BCUT2D eigenvalue weighted by atomic mass is 16.3. The van der Waals surface area contributed by atoms with Gasteiger partial charge in [-0.15, -0.1) is 0 Å². The van der Waals surface area contributed by atoms with Crippen molar-refractivity contribution in [2.75, 3.05) is 19.6 Å². The summed E-state index contributed by atoms with van der Waals surface area (Å²) in [5.74, 6) is 0. The van der Waals surface area contributed by atoms with Crippen LogP contribution in [0.15, 0.2) is 0 Å². The zero-order chi connectivity index (χ0) is 10.7. The van der Waals surface area contributed by atoms with E-state index < -0.39 is 0 Å². The maximum atomic E-state index is 10.2. The van der Waals surface area contributed by atoms with Crippen LogP contribution in [-0.2, 0) is 0 Å². The van der Waals surface area contributed by atoms with Gasteiger partial charge in [0.05, 0.1) is 6.10 Å². The minimum absolute atomic E-state index is 0.0898. The van der Waals surface area contributed by atoms with Gasteiger partial charge in [0.2, 0.25) is 0 Å². The van der Waals surface area contributed by atoms with Gasteiger partial charge < -0.3 is 10.4 Å². The average molecular weight is 212 g/mol. The normalized spacial score (nSPS) is 40.0. The monoisotopic (exact) mass is 212 g/mol. The minimum atomic E-state index is -0.0898. The fourth-order valence-electron chi connectivity index (χ4n) is 3.00. The van der Waals surface area contributed by atoms with E-state index in [0.717, 1.165) is 26.1 Å². The molecular weight excluding hydrogens is 188 g/mol. The summed E-state index contributed by atoms with van der Waals surface area (Å²) < 4.78 is 0. The molecule has 1 aliphatic carbocycles. The quantitative estimate of drug-likeness (QED) is 0.636. The van der Waals surface area contributed by atoms with E-state index in [-0.39, 0.29) is 6.10 Å². The van der Waals surface area contributed by atoms with Gasteiger partial charge in [0.15, 0.2) is 0 Å². The average Bonchev–Trinajstić information content (AvgIpc) is 2.44. The molecule has 0 aromatic carbocycles. The summed E-state index contributed by atoms with van der Waals surface area (Å²) >= 11 is 0. The SMILES string of the molecule is C[C@H]1CNCCN1C1CCCCCC1O. The van der Waals surface area contributed by atoms with Crippen LogP contribution in [-0.4, -0.2) is 47.8 Å². The third kappa shape index (κ3) is 2.71. The van der Waals surface area contributed by atoms with Gasteiger partial charge in [-0.25, -0.2) is 0 Å². The number of hydrogen-bond acceptors (Lipinski definition) is 3. The van der Waals surface area contributed by atoms with Gasteiger partial charge in [0.1, 0.15) is 0 Å². The first-order valence-electron chi connectivity index (χ1n) is 6.43. The molecule has 15 heavy (non-hydrogen) atoms. The topological polar surface area (TPSA) is 35.5 Å². The van der Waals surface area contributed by atoms with Crippen LogP contribution >= 0.6 is 0 Å². The Labute approximate surface area is 92.8 Å². The van der Waals surface area contributed by atoms with Crippen molar-refractivity contribution >= 4 is 0 Å². The highest BCUT2D eigenvalue weighted by Gasteiger charge is 2.31. The molecule has 0 spiro atoms. The molecule has 3 atom stereocenters. The zero-order valence-electron chi connectivity index (χ0n) is 9.78. The third-order valence-corrected chi connectivity index (χ3v) is 3.92. The van der Waals surface area contributed by atoms with E-state index >= 15 is 0 Å². The van der Waals surface area contributed by atoms with E-state index in [1.165, 1.54) is 25.7 Å². The molecule has 0 aromatic rings. The van der Waals surface area contributed by atoms with Gasteiger partial charge in [0, 0.05) is 31.7 Å². The molecule has 2 aliphatic rings. The summed E-state index contributed by atoms with van der Waals surface area (Å²) in [4.78, 5) is 2.52. The first-order valence-corrected chi connectivity index (χ1v) is 6.43. The standard InChI is InChI=1S/C12H24N2O/c1-10-9-13-7-8-14(10)11-5-3-2-4-6-12(11)15/h10-13,15H,2-9H2,1H3/t10-,11?,12?/m0/s1. The van der Waals surface area contributed by atoms with Gasteiger partial charge in [-0.1, -0.05) is 19.3 Å². The fraction of sp³-hybridized carbons (Fsp3) is 1.00. The lowest BCUT2D eigenvalue weighted by atomic mass is 10.0. The van der Waals surface area contributed by atoms with E-state index in [1.54, 1.807) is 0 Å². The number of aliphatic hydroxyl groups is 1. The van der Waals surface area contributed by atoms with E-state index in [4.69, 9.17) is 0 Å². The van der Waals surface area contributed by atoms with Crippen molar-refractivity contribution in [3.8, 4) is 0 Å². The molecule has 2 fully saturated rings. The summed E-state index contributed by atoms with van der Waals surface area (Å²) in [5, 5.41) is 13.6. The van der Waals surface area contributed by atoms with Crippen LogP contribution in [0.25, 0.3) is 0 Å². The molecule has 1 saturated carbocycles. The van der Waals surface area contributed by atoms with Crippen LogP contribution < -0.4 is 5.32 Å². The van der Waals surface area contributed by atoms with Crippen LogP contribution in [0, 0.1) is 0 Å². The Hall–Kier alpha value is -0.120. The molecule has 0 amide bonds.